The molecule has 5 nitrogen and oxygen atoms in total. The monoisotopic (exact) mass is 235 g/mol. The minimum atomic E-state index is -0.340. The number of nitro groups is 1. The number of nitrogens with two attached hydrogens (primary N) is 1. The Kier molecular flexibility index (Phi) is 3.28. The summed E-state index contributed by atoms with van der Waals surface area (Å²) < 4.78 is 0. The highest BCUT2D eigenvalue weighted by Gasteiger charge is 2.22. The number of non-ortho nitro benzene ring substituents is 1. The molecule has 92 valence electrons. The van der Waals surface area contributed by atoms with Crippen LogP contribution in [0, 0.1) is 23.0 Å². The van der Waals surface area contributed by atoms with E-state index in [9.17, 15) is 10.1 Å². The molecule has 1 aliphatic rings. The van der Waals surface area contributed by atoms with Crippen molar-refractivity contribution in [1.82, 2.24) is 0 Å². The third kappa shape index (κ3) is 2.55. The van der Waals surface area contributed by atoms with Crippen LogP contribution in [0.3, 0.4) is 0 Å². The third-order valence-electron chi connectivity index (χ3n) is 3.24. The number of anilines is 1. The van der Waals surface area contributed by atoms with Crippen molar-refractivity contribution >= 4 is 11.4 Å². The van der Waals surface area contributed by atoms with Gasteiger partial charge in [-0.1, -0.05) is 0 Å². The Morgan fingerprint density at radius 1 is 1.53 bits per heavy atom. The van der Waals surface area contributed by atoms with Gasteiger partial charge in [0, 0.05) is 30.9 Å². The molecule has 0 aromatic heterocycles. The average Bonchev–Trinajstić information content (AvgIpc) is 2.76. The summed E-state index contributed by atoms with van der Waals surface area (Å²) in [5, 5.41) is 10.8. The van der Waals surface area contributed by atoms with Crippen molar-refractivity contribution in [3.05, 3.63) is 33.9 Å². The van der Waals surface area contributed by atoms with Crippen LogP contribution in [0.25, 0.3) is 0 Å². The van der Waals surface area contributed by atoms with Crippen molar-refractivity contribution in [2.75, 3.05) is 24.5 Å². The van der Waals surface area contributed by atoms with E-state index in [1.54, 1.807) is 12.1 Å². The number of benzene rings is 1. The highest BCUT2D eigenvalue weighted by Crippen LogP contribution is 2.28. The summed E-state index contributed by atoms with van der Waals surface area (Å²) in [4.78, 5) is 12.6. The first-order valence-corrected chi connectivity index (χ1v) is 5.81. The Balaban J connectivity index is 2.24. The predicted molar refractivity (Wildman–Crippen MR) is 67.2 cm³/mol. The first kappa shape index (κ1) is 11.9. The lowest BCUT2D eigenvalue weighted by atomic mass is 10.1. The van der Waals surface area contributed by atoms with E-state index in [2.05, 4.69) is 4.90 Å². The van der Waals surface area contributed by atoms with Crippen LogP contribution in [0.15, 0.2) is 18.2 Å². The first-order valence-electron chi connectivity index (χ1n) is 5.81. The number of nitro benzene ring substituents is 1. The van der Waals surface area contributed by atoms with Crippen molar-refractivity contribution in [3.8, 4) is 0 Å². The molecule has 1 heterocycles. The quantitative estimate of drug-likeness (QED) is 0.639. The number of hydrogen-bond acceptors (Lipinski definition) is 4. The number of nitrogens with zero attached hydrogens (tertiary/aromatic N) is 2. The van der Waals surface area contributed by atoms with Crippen molar-refractivity contribution in [2.24, 2.45) is 11.7 Å². The van der Waals surface area contributed by atoms with Gasteiger partial charge in [0.1, 0.15) is 0 Å². The van der Waals surface area contributed by atoms with Gasteiger partial charge in [-0.05, 0) is 37.4 Å². The molecule has 1 saturated heterocycles. The zero-order valence-electron chi connectivity index (χ0n) is 9.93. The molecule has 17 heavy (non-hydrogen) atoms. The molecule has 1 aromatic rings. The minimum absolute atomic E-state index is 0.163. The maximum atomic E-state index is 10.8. The molecule has 2 N–H and O–H groups in total. The van der Waals surface area contributed by atoms with E-state index in [1.165, 1.54) is 0 Å². The van der Waals surface area contributed by atoms with Crippen LogP contribution in [0.1, 0.15) is 12.0 Å². The summed E-state index contributed by atoms with van der Waals surface area (Å²) in [5.74, 6) is 0.509. The second-order valence-electron chi connectivity index (χ2n) is 4.62. The maximum Gasteiger partial charge on any atom is 0.271 e. The summed E-state index contributed by atoms with van der Waals surface area (Å²) in [6, 6.07) is 5.23. The minimum Gasteiger partial charge on any atom is -0.371 e. The maximum absolute atomic E-state index is 10.8. The normalized spacial score (nSPS) is 19.6. The summed E-state index contributed by atoms with van der Waals surface area (Å²) in [6.07, 6.45) is 1.07. The van der Waals surface area contributed by atoms with Crippen LogP contribution in [0.5, 0.6) is 0 Å². The fraction of sp³-hybridized carbons (Fsp3) is 0.500. The molecule has 0 saturated carbocycles. The van der Waals surface area contributed by atoms with Crippen LogP contribution >= 0.6 is 0 Å². The van der Waals surface area contributed by atoms with Crippen molar-refractivity contribution in [3.63, 3.8) is 0 Å². The molecule has 1 atom stereocenters. The SMILES string of the molecule is Cc1cc(N2CCC(CN)C2)cc([N+](=O)[O-])c1. The molecule has 2 rings (SSSR count). The highest BCUT2D eigenvalue weighted by molar-refractivity contribution is 5.56. The molecular formula is C12H17N3O2. The van der Waals surface area contributed by atoms with Crippen molar-refractivity contribution < 1.29 is 4.92 Å². The van der Waals surface area contributed by atoms with Crippen LogP contribution < -0.4 is 10.6 Å². The van der Waals surface area contributed by atoms with Gasteiger partial charge < -0.3 is 10.6 Å². The smallest absolute Gasteiger partial charge is 0.271 e. The molecule has 5 heteroatoms. The fourth-order valence-corrected chi connectivity index (χ4v) is 2.29. The predicted octanol–water partition coefficient (Wildman–Crippen LogP) is 1.69. The van der Waals surface area contributed by atoms with Gasteiger partial charge in [0.25, 0.3) is 5.69 Å². The van der Waals surface area contributed by atoms with Crippen LogP contribution in [0.2, 0.25) is 0 Å². The second-order valence-corrected chi connectivity index (χ2v) is 4.62. The lowest BCUT2D eigenvalue weighted by Crippen LogP contribution is -2.22. The summed E-state index contributed by atoms with van der Waals surface area (Å²) in [7, 11) is 0. The molecule has 0 aliphatic carbocycles. The summed E-state index contributed by atoms with van der Waals surface area (Å²) in [6.45, 7) is 4.40. The molecular weight excluding hydrogens is 218 g/mol. The van der Waals surface area contributed by atoms with Gasteiger partial charge in [-0.2, -0.15) is 0 Å². The van der Waals surface area contributed by atoms with E-state index in [4.69, 9.17) is 5.73 Å². The molecule has 0 amide bonds. The van der Waals surface area contributed by atoms with Gasteiger partial charge in [-0.3, -0.25) is 10.1 Å². The van der Waals surface area contributed by atoms with Gasteiger partial charge in [0.2, 0.25) is 0 Å². The lowest BCUT2D eigenvalue weighted by molar-refractivity contribution is -0.384. The Bertz CT molecular complexity index is 434. The van der Waals surface area contributed by atoms with E-state index < -0.39 is 0 Å². The zero-order chi connectivity index (χ0) is 12.4. The number of aryl methyl sites for hydroxylation is 1. The Labute approximate surface area is 100 Å². The topological polar surface area (TPSA) is 72.4 Å². The summed E-state index contributed by atoms with van der Waals surface area (Å²) in [5.41, 5.74) is 7.67. The number of rotatable bonds is 3. The largest absolute Gasteiger partial charge is 0.371 e. The van der Waals surface area contributed by atoms with Gasteiger partial charge in [0.15, 0.2) is 0 Å². The molecule has 0 spiro atoms. The molecule has 1 unspecified atom stereocenters. The second kappa shape index (κ2) is 4.71. The Hall–Kier alpha value is -1.62. The van der Waals surface area contributed by atoms with E-state index in [0.717, 1.165) is 30.8 Å². The van der Waals surface area contributed by atoms with Crippen LogP contribution in [-0.2, 0) is 0 Å². The number of hydrogen-bond donors (Lipinski definition) is 1. The zero-order valence-corrected chi connectivity index (χ0v) is 9.93. The molecule has 1 aromatic carbocycles. The van der Waals surface area contributed by atoms with Gasteiger partial charge >= 0.3 is 0 Å². The molecule has 1 aliphatic heterocycles. The van der Waals surface area contributed by atoms with Crippen LogP contribution in [0.4, 0.5) is 11.4 Å². The lowest BCUT2D eigenvalue weighted by Gasteiger charge is -2.18. The van der Waals surface area contributed by atoms with Gasteiger partial charge in [0.05, 0.1) is 4.92 Å². The third-order valence-corrected chi connectivity index (χ3v) is 3.24. The Morgan fingerprint density at radius 3 is 2.88 bits per heavy atom. The first-order chi connectivity index (χ1) is 8.10. The molecule has 0 radical (unpaired) electrons. The van der Waals surface area contributed by atoms with Gasteiger partial charge in [-0.25, -0.2) is 0 Å². The van der Waals surface area contributed by atoms with Crippen molar-refractivity contribution in [1.29, 1.82) is 0 Å². The van der Waals surface area contributed by atoms with E-state index in [-0.39, 0.29) is 10.6 Å². The Morgan fingerprint density at radius 2 is 2.29 bits per heavy atom. The van der Waals surface area contributed by atoms with Crippen LogP contribution in [-0.4, -0.2) is 24.6 Å². The highest BCUT2D eigenvalue weighted by atomic mass is 16.6. The molecule has 0 bridgehead atoms. The fourth-order valence-electron chi connectivity index (χ4n) is 2.29. The van der Waals surface area contributed by atoms with E-state index in [1.807, 2.05) is 13.0 Å². The standard InChI is InChI=1S/C12H17N3O2/c1-9-4-11(6-12(5-9)15(16)17)14-3-2-10(7-13)8-14/h4-6,10H,2-3,7-8,13H2,1H3. The van der Waals surface area contributed by atoms with Gasteiger partial charge in [-0.15, -0.1) is 0 Å². The summed E-state index contributed by atoms with van der Waals surface area (Å²) >= 11 is 0. The molecule has 1 fully saturated rings. The van der Waals surface area contributed by atoms with E-state index >= 15 is 0 Å². The van der Waals surface area contributed by atoms with Crippen molar-refractivity contribution in [2.45, 2.75) is 13.3 Å². The average molecular weight is 235 g/mol. The van der Waals surface area contributed by atoms with E-state index in [0.29, 0.717) is 12.5 Å².